The lowest BCUT2D eigenvalue weighted by Crippen LogP contribution is -2.33. The molecule has 1 aliphatic rings. The molecule has 4 nitrogen and oxygen atoms in total. The summed E-state index contributed by atoms with van der Waals surface area (Å²) in [5.41, 5.74) is 5.48. The number of rotatable bonds is 9. The topological polar surface area (TPSA) is 63.4 Å². The summed E-state index contributed by atoms with van der Waals surface area (Å²) in [7, 11) is -2.83. The molecule has 0 aliphatic heterocycles. The second-order valence-corrected chi connectivity index (χ2v) is 6.86. The molecule has 0 atom stereocenters. The van der Waals surface area contributed by atoms with Crippen LogP contribution in [0.4, 0.5) is 0 Å². The Morgan fingerprint density at radius 1 is 1.25 bits per heavy atom. The van der Waals surface area contributed by atoms with Gasteiger partial charge in [0.2, 0.25) is 0 Å². The molecule has 1 rings (SSSR count). The lowest BCUT2D eigenvalue weighted by Gasteiger charge is -2.21. The first-order chi connectivity index (χ1) is 7.59. The third kappa shape index (κ3) is 5.27. The van der Waals surface area contributed by atoms with Crippen molar-refractivity contribution in [1.82, 2.24) is 4.90 Å². The Balaban J connectivity index is 2.31. The molecule has 5 heteroatoms. The third-order valence-corrected chi connectivity index (χ3v) is 4.75. The van der Waals surface area contributed by atoms with Crippen LogP contribution >= 0.6 is 0 Å². The van der Waals surface area contributed by atoms with Gasteiger partial charge in [0, 0.05) is 18.3 Å². The van der Waals surface area contributed by atoms with Gasteiger partial charge in [-0.25, -0.2) is 8.42 Å². The zero-order valence-electron chi connectivity index (χ0n) is 10.2. The number of nitrogens with two attached hydrogens (primary N) is 1. The van der Waals surface area contributed by atoms with Crippen LogP contribution in [0.1, 0.15) is 32.6 Å². The van der Waals surface area contributed by atoms with E-state index < -0.39 is 9.84 Å². The Morgan fingerprint density at radius 2 is 1.94 bits per heavy atom. The second kappa shape index (κ2) is 6.57. The van der Waals surface area contributed by atoms with E-state index >= 15 is 0 Å². The van der Waals surface area contributed by atoms with Crippen molar-refractivity contribution in [2.24, 2.45) is 5.73 Å². The van der Waals surface area contributed by atoms with Gasteiger partial charge in [0.25, 0.3) is 0 Å². The van der Waals surface area contributed by atoms with Gasteiger partial charge in [-0.2, -0.15) is 0 Å². The maximum Gasteiger partial charge on any atom is 0.151 e. The van der Waals surface area contributed by atoms with E-state index in [4.69, 9.17) is 5.73 Å². The Labute approximate surface area is 99.1 Å². The first kappa shape index (κ1) is 13.9. The Hall–Kier alpha value is -0.130. The minimum Gasteiger partial charge on any atom is -0.330 e. The molecule has 0 heterocycles. The summed E-state index contributed by atoms with van der Waals surface area (Å²) < 4.78 is 23.2. The fraction of sp³-hybridized carbons (Fsp3) is 1.00. The molecular weight excluding hydrogens is 224 g/mol. The maximum absolute atomic E-state index is 11.6. The normalized spacial score (nSPS) is 16.9. The molecule has 1 saturated carbocycles. The number of sulfone groups is 1. The lowest BCUT2D eigenvalue weighted by atomic mass is 10.3. The van der Waals surface area contributed by atoms with Crippen LogP contribution in [0.15, 0.2) is 0 Å². The average Bonchev–Trinajstić information content (AvgIpc) is 3.01. The van der Waals surface area contributed by atoms with Crippen molar-refractivity contribution >= 4 is 9.84 Å². The minimum atomic E-state index is -2.83. The maximum atomic E-state index is 11.6. The highest BCUT2D eigenvalue weighted by Gasteiger charge is 2.29. The molecule has 0 unspecified atom stereocenters. The van der Waals surface area contributed by atoms with Gasteiger partial charge in [0.05, 0.1) is 5.75 Å². The molecule has 0 radical (unpaired) electrons. The minimum absolute atomic E-state index is 0.307. The van der Waals surface area contributed by atoms with Gasteiger partial charge in [0.15, 0.2) is 9.84 Å². The largest absolute Gasteiger partial charge is 0.330 e. The summed E-state index contributed by atoms with van der Waals surface area (Å²) >= 11 is 0. The standard InChI is InChI=1S/C11H24N2O2S/c1-2-9-16(14,15)10-8-13(7-3-6-12)11-4-5-11/h11H,2-10,12H2,1H3. The molecule has 2 N–H and O–H groups in total. The molecule has 0 bridgehead atoms. The van der Waals surface area contributed by atoms with E-state index in [-0.39, 0.29) is 0 Å². The predicted molar refractivity (Wildman–Crippen MR) is 67.2 cm³/mol. The molecule has 0 aromatic carbocycles. The highest BCUT2D eigenvalue weighted by atomic mass is 32.2. The average molecular weight is 248 g/mol. The fourth-order valence-electron chi connectivity index (χ4n) is 1.88. The number of hydrogen-bond donors (Lipinski definition) is 1. The van der Waals surface area contributed by atoms with Crippen molar-refractivity contribution in [3.05, 3.63) is 0 Å². The number of nitrogens with zero attached hydrogens (tertiary/aromatic N) is 1. The van der Waals surface area contributed by atoms with Crippen LogP contribution in [0.2, 0.25) is 0 Å². The van der Waals surface area contributed by atoms with Crippen molar-refractivity contribution in [3.8, 4) is 0 Å². The van der Waals surface area contributed by atoms with Gasteiger partial charge in [-0.05, 0) is 38.8 Å². The zero-order valence-corrected chi connectivity index (χ0v) is 11.0. The third-order valence-electron chi connectivity index (χ3n) is 2.92. The molecule has 1 fully saturated rings. The molecule has 0 saturated heterocycles. The van der Waals surface area contributed by atoms with Crippen LogP contribution in [0.3, 0.4) is 0 Å². The van der Waals surface area contributed by atoms with Crippen molar-refractivity contribution < 1.29 is 8.42 Å². The van der Waals surface area contributed by atoms with E-state index in [0.29, 0.717) is 37.1 Å². The van der Waals surface area contributed by atoms with Crippen LogP contribution in [0.5, 0.6) is 0 Å². The SMILES string of the molecule is CCCS(=O)(=O)CCN(CCCN)C1CC1. The van der Waals surface area contributed by atoms with Gasteiger partial charge >= 0.3 is 0 Å². The highest BCUT2D eigenvalue weighted by molar-refractivity contribution is 7.91. The van der Waals surface area contributed by atoms with E-state index in [1.54, 1.807) is 0 Å². The van der Waals surface area contributed by atoms with Crippen LogP contribution in [0.25, 0.3) is 0 Å². The van der Waals surface area contributed by atoms with Crippen molar-refractivity contribution in [3.63, 3.8) is 0 Å². The quantitative estimate of drug-likeness (QED) is 0.650. The monoisotopic (exact) mass is 248 g/mol. The highest BCUT2D eigenvalue weighted by Crippen LogP contribution is 2.26. The van der Waals surface area contributed by atoms with Gasteiger partial charge < -0.3 is 5.73 Å². The summed E-state index contributed by atoms with van der Waals surface area (Å²) in [5.74, 6) is 0.629. The van der Waals surface area contributed by atoms with Gasteiger partial charge in [-0.15, -0.1) is 0 Å². The zero-order chi connectivity index (χ0) is 12.0. The molecule has 0 aromatic rings. The van der Waals surface area contributed by atoms with Gasteiger partial charge in [-0.1, -0.05) is 6.92 Å². The molecular formula is C11H24N2O2S. The first-order valence-corrected chi connectivity index (χ1v) is 8.05. The fourth-order valence-corrected chi connectivity index (χ4v) is 3.22. The summed E-state index contributed by atoms with van der Waals surface area (Å²) in [6.07, 6.45) is 4.12. The Kier molecular flexibility index (Phi) is 5.72. The predicted octanol–water partition coefficient (Wildman–Crippen LogP) is 0.624. The van der Waals surface area contributed by atoms with Crippen molar-refractivity contribution in [2.75, 3.05) is 31.1 Å². The molecule has 16 heavy (non-hydrogen) atoms. The van der Waals surface area contributed by atoms with E-state index in [9.17, 15) is 8.42 Å². The van der Waals surface area contributed by atoms with Gasteiger partial charge in [0.1, 0.15) is 0 Å². The van der Waals surface area contributed by atoms with Crippen LogP contribution < -0.4 is 5.73 Å². The van der Waals surface area contributed by atoms with E-state index in [1.165, 1.54) is 12.8 Å². The second-order valence-electron chi connectivity index (χ2n) is 4.56. The molecule has 1 aliphatic carbocycles. The summed E-state index contributed by atoms with van der Waals surface area (Å²) in [6.45, 7) is 4.23. The molecule has 96 valence electrons. The molecule has 0 amide bonds. The van der Waals surface area contributed by atoms with Crippen molar-refractivity contribution in [2.45, 2.75) is 38.6 Å². The van der Waals surface area contributed by atoms with Crippen molar-refractivity contribution in [1.29, 1.82) is 0 Å². The number of hydrogen-bond acceptors (Lipinski definition) is 4. The Bertz CT molecular complexity index is 286. The van der Waals surface area contributed by atoms with Crippen LogP contribution in [0, 0.1) is 0 Å². The van der Waals surface area contributed by atoms with Gasteiger partial charge in [-0.3, -0.25) is 4.90 Å². The summed E-state index contributed by atoms with van der Waals surface area (Å²) in [4.78, 5) is 2.29. The summed E-state index contributed by atoms with van der Waals surface area (Å²) in [5, 5.41) is 0. The van der Waals surface area contributed by atoms with Crippen LogP contribution in [-0.4, -0.2) is 50.5 Å². The van der Waals surface area contributed by atoms with E-state index in [0.717, 1.165) is 13.0 Å². The molecule has 0 aromatic heterocycles. The lowest BCUT2D eigenvalue weighted by molar-refractivity contribution is 0.277. The van der Waals surface area contributed by atoms with E-state index in [2.05, 4.69) is 4.90 Å². The van der Waals surface area contributed by atoms with E-state index in [1.807, 2.05) is 6.92 Å². The molecule has 0 spiro atoms. The van der Waals surface area contributed by atoms with Crippen LogP contribution in [-0.2, 0) is 9.84 Å². The Morgan fingerprint density at radius 3 is 2.44 bits per heavy atom. The smallest absolute Gasteiger partial charge is 0.151 e. The summed E-state index contributed by atoms with van der Waals surface area (Å²) in [6, 6.07) is 0.628. The first-order valence-electron chi connectivity index (χ1n) is 6.23.